The Balaban J connectivity index is 1.91. The first-order valence-corrected chi connectivity index (χ1v) is 6.33. The van der Waals surface area contributed by atoms with Crippen LogP contribution in [0.3, 0.4) is 0 Å². The second-order valence-electron chi connectivity index (χ2n) is 6.08. The predicted molar refractivity (Wildman–Crippen MR) is 66.4 cm³/mol. The summed E-state index contributed by atoms with van der Waals surface area (Å²) < 4.78 is 5.16. The molecule has 0 bridgehead atoms. The van der Waals surface area contributed by atoms with Gasteiger partial charge in [-0.2, -0.15) is 0 Å². The van der Waals surface area contributed by atoms with E-state index in [1.807, 2.05) is 0 Å². The number of carbonyl (C=O) groups excluding carboxylic acids is 3. The molecule has 1 heterocycles. The monoisotopic (exact) mass is 269 g/mol. The second-order valence-corrected chi connectivity index (χ2v) is 6.08. The van der Waals surface area contributed by atoms with Gasteiger partial charge in [0.25, 0.3) is 5.91 Å². The van der Waals surface area contributed by atoms with Crippen LogP contribution in [0.25, 0.3) is 0 Å². The first kappa shape index (κ1) is 13.6. The first-order valence-electron chi connectivity index (χ1n) is 6.33. The van der Waals surface area contributed by atoms with Gasteiger partial charge in [0.15, 0.2) is 0 Å². The Morgan fingerprint density at radius 3 is 2.63 bits per heavy atom. The zero-order valence-electron chi connectivity index (χ0n) is 11.3. The summed E-state index contributed by atoms with van der Waals surface area (Å²) in [6, 6.07) is -0.637. The number of nitrogens with one attached hydrogen (secondary N) is 3. The molecule has 0 aromatic rings. The van der Waals surface area contributed by atoms with Crippen LogP contribution < -0.4 is 16.0 Å². The van der Waals surface area contributed by atoms with Crippen LogP contribution in [0.2, 0.25) is 0 Å². The normalized spacial score (nSPS) is 30.2. The Hall–Kier alpha value is -1.79. The van der Waals surface area contributed by atoms with Crippen LogP contribution in [-0.2, 0) is 9.53 Å². The molecule has 106 valence electrons. The smallest absolute Gasteiger partial charge is 0.407 e. The van der Waals surface area contributed by atoms with Gasteiger partial charge in [-0.05, 0) is 40.0 Å². The maximum Gasteiger partial charge on any atom is 0.407 e. The van der Waals surface area contributed by atoms with E-state index in [9.17, 15) is 14.4 Å². The molecule has 7 heteroatoms. The molecule has 3 N–H and O–H groups in total. The Kier molecular flexibility index (Phi) is 3.15. The van der Waals surface area contributed by atoms with Crippen molar-refractivity contribution in [3.05, 3.63) is 0 Å². The molecule has 0 aromatic carbocycles. The maximum atomic E-state index is 11.7. The van der Waals surface area contributed by atoms with E-state index in [4.69, 9.17) is 4.74 Å². The standard InChI is InChI=1S/C12H19N3O4/c1-11(2,3)19-10(18)13-7-4-5-12(6-7)8(16)14-9(17)15-12/h7H,4-6H2,1-3H3,(H,13,18)(H2,14,15,16,17). The fourth-order valence-electron chi connectivity index (χ4n) is 2.49. The molecule has 4 amide bonds. The molecule has 1 aliphatic carbocycles. The average Bonchev–Trinajstić information content (AvgIpc) is 2.69. The Labute approximate surface area is 111 Å². The number of ether oxygens (including phenoxy) is 1. The van der Waals surface area contributed by atoms with E-state index in [1.54, 1.807) is 20.8 Å². The van der Waals surface area contributed by atoms with Crippen molar-refractivity contribution >= 4 is 18.0 Å². The molecule has 7 nitrogen and oxygen atoms in total. The number of amides is 4. The minimum Gasteiger partial charge on any atom is -0.444 e. The molecule has 0 aromatic heterocycles. The molecule has 2 aliphatic rings. The third-order valence-electron chi connectivity index (χ3n) is 3.25. The van der Waals surface area contributed by atoms with Crippen molar-refractivity contribution in [1.29, 1.82) is 0 Å². The maximum absolute atomic E-state index is 11.7. The van der Waals surface area contributed by atoms with E-state index in [1.165, 1.54) is 0 Å². The summed E-state index contributed by atoms with van der Waals surface area (Å²) in [5.74, 6) is -0.314. The molecule has 1 aliphatic heterocycles. The van der Waals surface area contributed by atoms with Crippen molar-refractivity contribution in [2.45, 2.75) is 57.2 Å². The summed E-state index contributed by atoms with van der Waals surface area (Å²) in [7, 11) is 0. The summed E-state index contributed by atoms with van der Waals surface area (Å²) >= 11 is 0. The molecule has 1 saturated heterocycles. The van der Waals surface area contributed by atoms with Crippen molar-refractivity contribution < 1.29 is 19.1 Å². The fraction of sp³-hybridized carbons (Fsp3) is 0.750. The van der Waals surface area contributed by atoms with Crippen molar-refractivity contribution in [2.24, 2.45) is 0 Å². The minimum atomic E-state index is -0.864. The Morgan fingerprint density at radius 1 is 1.42 bits per heavy atom. The SMILES string of the molecule is CC(C)(C)OC(=O)NC1CCC2(C1)NC(=O)NC2=O. The van der Waals surface area contributed by atoms with E-state index in [0.717, 1.165) is 0 Å². The van der Waals surface area contributed by atoms with Crippen molar-refractivity contribution in [3.63, 3.8) is 0 Å². The second kappa shape index (κ2) is 4.40. The highest BCUT2D eigenvalue weighted by molar-refractivity contribution is 6.07. The van der Waals surface area contributed by atoms with E-state index >= 15 is 0 Å². The van der Waals surface area contributed by atoms with Crippen LogP contribution in [0.15, 0.2) is 0 Å². The summed E-state index contributed by atoms with van der Waals surface area (Å²) in [4.78, 5) is 34.5. The molecule has 2 rings (SSSR count). The zero-order chi connectivity index (χ0) is 14.3. The highest BCUT2D eigenvalue weighted by Crippen LogP contribution is 2.32. The highest BCUT2D eigenvalue weighted by Gasteiger charge is 2.51. The van der Waals surface area contributed by atoms with Crippen LogP contribution in [0.5, 0.6) is 0 Å². The summed E-state index contributed by atoms with van der Waals surface area (Å²) in [6.45, 7) is 5.36. The van der Waals surface area contributed by atoms with Gasteiger partial charge in [-0.15, -0.1) is 0 Å². The van der Waals surface area contributed by atoms with E-state index in [-0.39, 0.29) is 11.9 Å². The third kappa shape index (κ3) is 2.97. The van der Waals surface area contributed by atoms with Gasteiger partial charge in [0.2, 0.25) is 0 Å². The van der Waals surface area contributed by atoms with Gasteiger partial charge in [-0.25, -0.2) is 9.59 Å². The molecule has 2 fully saturated rings. The molecular weight excluding hydrogens is 250 g/mol. The number of rotatable bonds is 1. The molecule has 19 heavy (non-hydrogen) atoms. The van der Waals surface area contributed by atoms with E-state index < -0.39 is 23.3 Å². The lowest BCUT2D eigenvalue weighted by Gasteiger charge is -2.23. The summed E-state index contributed by atoms with van der Waals surface area (Å²) in [5, 5.41) is 7.60. The summed E-state index contributed by atoms with van der Waals surface area (Å²) in [6.07, 6.45) is 1.04. The van der Waals surface area contributed by atoms with Gasteiger partial charge < -0.3 is 15.4 Å². The van der Waals surface area contributed by atoms with Crippen LogP contribution in [0, 0.1) is 0 Å². The Bertz CT molecular complexity index is 429. The molecule has 1 spiro atoms. The molecular formula is C12H19N3O4. The van der Waals surface area contributed by atoms with Gasteiger partial charge >= 0.3 is 12.1 Å². The molecule has 1 saturated carbocycles. The number of carbonyl (C=O) groups is 3. The number of alkyl carbamates (subject to hydrolysis) is 1. The highest BCUT2D eigenvalue weighted by atomic mass is 16.6. The Morgan fingerprint density at radius 2 is 2.11 bits per heavy atom. The minimum absolute atomic E-state index is 0.168. The molecule has 0 radical (unpaired) electrons. The zero-order valence-corrected chi connectivity index (χ0v) is 11.3. The number of hydrogen-bond acceptors (Lipinski definition) is 4. The van der Waals surface area contributed by atoms with Gasteiger partial charge in [-0.1, -0.05) is 0 Å². The van der Waals surface area contributed by atoms with Gasteiger partial charge in [0.05, 0.1) is 0 Å². The molecule has 2 atom stereocenters. The van der Waals surface area contributed by atoms with Crippen molar-refractivity contribution in [2.75, 3.05) is 0 Å². The van der Waals surface area contributed by atoms with Crippen molar-refractivity contribution in [3.8, 4) is 0 Å². The molecule has 2 unspecified atom stereocenters. The van der Waals surface area contributed by atoms with Gasteiger partial charge in [-0.3, -0.25) is 10.1 Å². The number of hydrogen-bond donors (Lipinski definition) is 3. The lowest BCUT2D eigenvalue weighted by Crippen LogP contribution is -2.46. The van der Waals surface area contributed by atoms with Crippen LogP contribution in [0.1, 0.15) is 40.0 Å². The fourth-order valence-corrected chi connectivity index (χ4v) is 2.49. The van der Waals surface area contributed by atoms with Crippen LogP contribution in [0.4, 0.5) is 9.59 Å². The lowest BCUT2D eigenvalue weighted by molar-refractivity contribution is -0.123. The quantitative estimate of drug-likeness (QED) is 0.609. The van der Waals surface area contributed by atoms with Crippen LogP contribution >= 0.6 is 0 Å². The first-order chi connectivity index (χ1) is 8.70. The van der Waals surface area contributed by atoms with E-state index in [0.29, 0.717) is 19.3 Å². The lowest BCUT2D eigenvalue weighted by atomic mass is 9.98. The number of imide groups is 1. The van der Waals surface area contributed by atoms with E-state index in [2.05, 4.69) is 16.0 Å². The average molecular weight is 269 g/mol. The topological polar surface area (TPSA) is 96.5 Å². The number of urea groups is 1. The van der Waals surface area contributed by atoms with Gasteiger partial charge in [0.1, 0.15) is 11.1 Å². The predicted octanol–water partition coefficient (Wildman–Crippen LogP) is 0.642. The van der Waals surface area contributed by atoms with Gasteiger partial charge in [0, 0.05) is 6.04 Å². The largest absolute Gasteiger partial charge is 0.444 e. The summed E-state index contributed by atoms with van der Waals surface area (Å²) in [5.41, 5.74) is -1.42. The van der Waals surface area contributed by atoms with Crippen molar-refractivity contribution in [1.82, 2.24) is 16.0 Å². The third-order valence-corrected chi connectivity index (χ3v) is 3.25. The van der Waals surface area contributed by atoms with Crippen LogP contribution in [-0.4, -0.2) is 35.2 Å².